The zero-order valence-corrected chi connectivity index (χ0v) is 18.1. The van der Waals surface area contributed by atoms with E-state index in [1.807, 2.05) is 18.2 Å². The summed E-state index contributed by atoms with van der Waals surface area (Å²) in [7, 11) is 4.83. The van der Waals surface area contributed by atoms with Crippen molar-refractivity contribution in [2.24, 2.45) is 0 Å². The highest BCUT2D eigenvalue weighted by Gasteiger charge is 2.28. The number of amides is 1. The van der Waals surface area contributed by atoms with Crippen molar-refractivity contribution in [2.45, 2.75) is 18.9 Å². The quantitative estimate of drug-likeness (QED) is 0.684. The molecule has 0 radical (unpaired) electrons. The first kappa shape index (κ1) is 20.8. The number of hydrogen-bond acceptors (Lipinski definition) is 5. The normalized spacial score (nSPS) is 16.2. The molecule has 1 fully saturated rings. The molecule has 162 valence electrons. The van der Waals surface area contributed by atoms with Crippen LogP contribution in [0.25, 0.3) is 10.9 Å². The van der Waals surface area contributed by atoms with Gasteiger partial charge in [-0.25, -0.2) is 0 Å². The van der Waals surface area contributed by atoms with Gasteiger partial charge in [0.2, 0.25) is 5.43 Å². The average Bonchev–Trinajstić information content (AvgIpc) is 2.83. The van der Waals surface area contributed by atoms with Crippen molar-refractivity contribution in [3.05, 3.63) is 64.4 Å². The lowest BCUT2D eigenvalue weighted by atomic mass is 10.0. The summed E-state index contributed by atoms with van der Waals surface area (Å²) in [5, 5.41) is 0.395. The molecule has 0 unspecified atom stereocenters. The molecule has 0 spiro atoms. The van der Waals surface area contributed by atoms with Gasteiger partial charge in [0.25, 0.3) is 5.91 Å². The van der Waals surface area contributed by atoms with Crippen LogP contribution in [0.15, 0.2) is 53.5 Å². The first-order valence-electron chi connectivity index (χ1n) is 10.4. The van der Waals surface area contributed by atoms with Gasteiger partial charge >= 0.3 is 0 Å². The highest BCUT2D eigenvalue weighted by atomic mass is 16.5. The molecule has 1 atom stereocenters. The second-order valence-corrected chi connectivity index (χ2v) is 7.78. The smallest absolute Gasteiger partial charge is 0.259 e. The molecular weight excluding hydrogens is 394 g/mol. The van der Waals surface area contributed by atoms with Gasteiger partial charge in [0.1, 0.15) is 5.56 Å². The SMILES string of the molecule is COc1cc2[nH]cc(C(=O)N(C)[C@@H]3CCCN(c4ccccc4)C3)c(=O)c2cc1OC. The molecule has 1 N–H and O–H groups in total. The Hall–Kier alpha value is -3.48. The summed E-state index contributed by atoms with van der Waals surface area (Å²) < 4.78 is 10.6. The number of benzene rings is 2. The van der Waals surface area contributed by atoms with Crippen LogP contribution in [0.4, 0.5) is 5.69 Å². The zero-order valence-electron chi connectivity index (χ0n) is 18.1. The van der Waals surface area contributed by atoms with Crippen LogP contribution in [0, 0.1) is 0 Å². The largest absolute Gasteiger partial charge is 0.493 e. The monoisotopic (exact) mass is 421 g/mol. The van der Waals surface area contributed by atoms with E-state index in [0.717, 1.165) is 31.6 Å². The molecule has 2 aromatic carbocycles. The molecule has 1 amide bonds. The van der Waals surface area contributed by atoms with Crippen molar-refractivity contribution < 1.29 is 14.3 Å². The molecule has 1 saturated heterocycles. The van der Waals surface area contributed by atoms with Crippen LogP contribution in [0.3, 0.4) is 0 Å². The number of pyridine rings is 1. The number of ether oxygens (including phenoxy) is 2. The van der Waals surface area contributed by atoms with Crippen LogP contribution in [-0.4, -0.2) is 56.2 Å². The molecule has 1 aromatic heterocycles. The lowest BCUT2D eigenvalue weighted by Crippen LogP contribution is -2.49. The van der Waals surface area contributed by atoms with E-state index in [-0.39, 0.29) is 22.9 Å². The Morgan fingerprint density at radius 3 is 2.55 bits per heavy atom. The molecule has 3 aromatic rings. The number of hydrogen-bond donors (Lipinski definition) is 1. The predicted octanol–water partition coefficient (Wildman–Crippen LogP) is 3.29. The summed E-state index contributed by atoms with van der Waals surface area (Å²) in [6, 6.07) is 13.5. The number of para-hydroxylation sites is 1. The van der Waals surface area contributed by atoms with Gasteiger partial charge < -0.3 is 24.3 Å². The standard InChI is InChI=1S/C24H27N3O4/c1-26(17-10-7-11-27(15-17)16-8-5-4-6-9-16)24(29)19-14-25-20-13-22(31-3)21(30-2)12-18(20)23(19)28/h4-6,8-9,12-14,17H,7,10-11,15H2,1-3H3,(H,25,28)/t17-/m1/s1. The summed E-state index contributed by atoms with van der Waals surface area (Å²) in [5.41, 5.74) is 1.55. The van der Waals surface area contributed by atoms with Crippen molar-refractivity contribution in [3.63, 3.8) is 0 Å². The van der Waals surface area contributed by atoms with Crippen molar-refractivity contribution in [2.75, 3.05) is 39.3 Å². The second kappa shape index (κ2) is 8.71. The van der Waals surface area contributed by atoms with Crippen molar-refractivity contribution in [3.8, 4) is 11.5 Å². The maximum atomic E-state index is 13.3. The predicted molar refractivity (Wildman–Crippen MR) is 121 cm³/mol. The fourth-order valence-electron chi connectivity index (χ4n) is 4.21. The zero-order chi connectivity index (χ0) is 22.0. The minimum absolute atomic E-state index is 0.0296. The number of aromatic amines is 1. The summed E-state index contributed by atoms with van der Waals surface area (Å²) >= 11 is 0. The van der Waals surface area contributed by atoms with Crippen molar-refractivity contribution in [1.82, 2.24) is 9.88 Å². The maximum absolute atomic E-state index is 13.3. The van der Waals surface area contributed by atoms with E-state index in [0.29, 0.717) is 22.4 Å². The van der Waals surface area contributed by atoms with Crippen LogP contribution in [0.2, 0.25) is 0 Å². The number of piperidine rings is 1. The van der Waals surface area contributed by atoms with Gasteiger partial charge in [0, 0.05) is 44.1 Å². The third-order valence-electron chi connectivity index (χ3n) is 6.00. The molecular formula is C24H27N3O4. The molecule has 2 heterocycles. The molecule has 4 rings (SSSR count). The van der Waals surface area contributed by atoms with E-state index in [2.05, 4.69) is 22.0 Å². The summed E-state index contributed by atoms with van der Waals surface area (Å²) in [6.07, 6.45) is 3.39. The molecule has 1 aliphatic rings. The van der Waals surface area contributed by atoms with Crippen LogP contribution in [0.5, 0.6) is 11.5 Å². The van der Waals surface area contributed by atoms with Crippen LogP contribution in [-0.2, 0) is 0 Å². The molecule has 31 heavy (non-hydrogen) atoms. The van der Waals surface area contributed by atoms with Gasteiger partial charge in [-0.1, -0.05) is 18.2 Å². The van der Waals surface area contributed by atoms with Gasteiger partial charge in [-0.05, 0) is 31.0 Å². The number of anilines is 1. The van der Waals surface area contributed by atoms with Crippen molar-refractivity contribution >= 4 is 22.5 Å². The topological polar surface area (TPSA) is 74.9 Å². The molecule has 0 saturated carbocycles. The summed E-state index contributed by atoms with van der Waals surface area (Å²) in [5.74, 6) is 0.687. The second-order valence-electron chi connectivity index (χ2n) is 7.78. The Morgan fingerprint density at radius 2 is 1.84 bits per heavy atom. The molecule has 7 heteroatoms. The fourth-order valence-corrected chi connectivity index (χ4v) is 4.21. The lowest BCUT2D eigenvalue weighted by Gasteiger charge is -2.38. The number of fused-ring (bicyclic) bond motifs is 1. The minimum Gasteiger partial charge on any atom is -0.493 e. The number of carbonyl (C=O) groups is 1. The van der Waals surface area contributed by atoms with E-state index in [1.165, 1.54) is 20.4 Å². The van der Waals surface area contributed by atoms with Gasteiger partial charge in [-0.2, -0.15) is 0 Å². The number of methoxy groups -OCH3 is 2. The number of H-pyrrole nitrogens is 1. The Labute approximate surface area is 181 Å². The van der Waals surface area contributed by atoms with Crippen LogP contribution in [0.1, 0.15) is 23.2 Å². The van der Waals surface area contributed by atoms with E-state index in [9.17, 15) is 9.59 Å². The number of aromatic nitrogens is 1. The Morgan fingerprint density at radius 1 is 1.13 bits per heavy atom. The third-order valence-corrected chi connectivity index (χ3v) is 6.00. The first-order valence-corrected chi connectivity index (χ1v) is 10.4. The Balaban J connectivity index is 1.61. The highest BCUT2D eigenvalue weighted by molar-refractivity contribution is 5.97. The first-order chi connectivity index (χ1) is 15.0. The fraction of sp³-hybridized carbons (Fsp3) is 0.333. The minimum atomic E-state index is -0.317. The molecule has 7 nitrogen and oxygen atoms in total. The van der Waals surface area contributed by atoms with Gasteiger partial charge in [-0.15, -0.1) is 0 Å². The van der Waals surface area contributed by atoms with Gasteiger partial charge in [0.15, 0.2) is 11.5 Å². The van der Waals surface area contributed by atoms with E-state index in [1.54, 1.807) is 24.1 Å². The van der Waals surface area contributed by atoms with Gasteiger partial charge in [0.05, 0.1) is 25.1 Å². The molecule has 0 bridgehead atoms. The third kappa shape index (κ3) is 3.95. The summed E-state index contributed by atoms with van der Waals surface area (Å²) in [6.45, 7) is 1.70. The van der Waals surface area contributed by atoms with Crippen LogP contribution >= 0.6 is 0 Å². The summed E-state index contributed by atoms with van der Waals surface area (Å²) in [4.78, 5) is 33.5. The number of rotatable bonds is 5. The van der Waals surface area contributed by atoms with E-state index in [4.69, 9.17) is 9.47 Å². The number of nitrogens with one attached hydrogen (secondary N) is 1. The van der Waals surface area contributed by atoms with E-state index >= 15 is 0 Å². The van der Waals surface area contributed by atoms with E-state index < -0.39 is 0 Å². The number of carbonyl (C=O) groups excluding carboxylic acids is 1. The number of nitrogens with zero attached hydrogens (tertiary/aromatic N) is 2. The Bertz CT molecular complexity index is 1140. The van der Waals surface area contributed by atoms with Gasteiger partial charge in [-0.3, -0.25) is 9.59 Å². The maximum Gasteiger partial charge on any atom is 0.259 e. The average molecular weight is 421 g/mol. The highest BCUT2D eigenvalue weighted by Crippen LogP contribution is 2.30. The van der Waals surface area contributed by atoms with Crippen molar-refractivity contribution in [1.29, 1.82) is 0 Å². The number of likely N-dealkylation sites (N-methyl/N-ethyl adjacent to an activating group) is 1. The Kier molecular flexibility index (Phi) is 5.84. The molecule has 1 aliphatic heterocycles. The van der Waals surface area contributed by atoms with Crippen LogP contribution < -0.4 is 19.8 Å². The molecule has 0 aliphatic carbocycles. The lowest BCUT2D eigenvalue weighted by molar-refractivity contribution is 0.0716.